The van der Waals surface area contributed by atoms with E-state index in [4.69, 9.17) is 14.7 Å². The van der Waals surface area contributed by atoms with Gasteiger partial charge in [-0.2, -0.15) is 0 Å². The topological polar surface area (TPSA) is 65.0 Å². The standard InChI is InChI=1S/C16H20O5/c1-2-16(21-18)11-10-14(20-16)8-9-15(17)19-12-13-6-4-3-5-7-13/h3-9,14,18H,2,10-12H2,1H3/b9-8+/t14-,16-/m1/s1. The van der Waals surface area contributed by atoms with Gasteiger partial charge in [0.15, 0.2) is 0 Å². The van der Waals surface area contributed by atoms with Gasteiger partial charge >= 0.3 is 5.97 Å². The highest BCUT2D eigenvalue weighted by atomic mass is 17.1. The van der Waals surface area contributed by atoms with Gasteiger partial charge in [0.25, 0.3) is 0 Å². The van der Waals surface area contributed by atoms with Crippen LogP contribution in [0.2, 0.25) is 0 Å². The minimum Gasteiger partial charge on any atom is -0.458 e. The van der Waals surface area contributed by atoms with E-state index < -0.39 is 11.8 Å². The van der Waals surface area contributed by atoms with Gasteiger partial charge in [-0.1, -0.05) is 37.3 Å². The van der Waals surface area contributed by atoms with Crippen LogP contribution in [0.3, 0.4) is 0 Å². The summed E-state index contributed by atoms with van der Waals surface area (Å²) in [5, 5.41) is 8.88. The SMILES string of the molecule is CC[C@@]1(OO)CC[C@@H](/C=C/C(=O)OCc2ccccc2)O1. The molecule has 5 heteroatoms. The molecule has 1 heterocycles. The van der Waals surface area contributed by atoms with E-state index in [0.29, 0.717) is 19.3 Å². The molecule has 0 spiro atoms. The molecule has 21 heavy (non-hydrogen) atoms. The van der Waals surface area contributed by atoms with Crippen LogP contribution in [0.4, 0.5) is 0 Å². The third kappa shape index (κ3) is 4.39. The van der Waals surface area contributed by atoms with Gasteiger partial charge in [-0.15, -0.1) is 0 Å². The third-order valence-corrected chi connectivity index (χ3v) is 3.55. The maximum Gasteiger partial charge on any atom is 0.330 e. The highest BCUT2D eigenvalue weighted by molar-refractivity contribution is 5.81. The Kier molecular flexibility index (Phi) is 5.50. The van der Waals surface area contributed by atoms with Gasteiger partial charge in [0.1, 0.15) is 6.61 Å². The Labute approximate surface area is 124 Å². The molecule has 1 aromatic carbocycles. The Morgan fingerprint density at radius 3 is 2.86 bits per heavy atom. The monoisotopic (exact) mass is 292 g/mol. The third-order valence-electron chi connectivity index (χ3n) is 3.55. The van der Waals surface area contributed by atoms with Gasteiger partial charge in [0, 0.05) is 18.9 Å². The lowest BCUT2D eigenvalue weighted by Crippen LogP contribution is -2.30. The fourth-order valence-electron chi connectivity index (χ4n) is 2.25. The molecule has 1 aliphatic rings. The molecule has 0 unspecified atom stereocenters. The summed E-state index contributed by atoms with van der Waals surface area (Å²) in [5.41, 5.74) is 0.940. The molecule has 1 aromatic rings. The fourth-order valence-corrected chi connectivity index (χ4v) is 2.25. The van der Waals surface area contributed by atoms with Crippen LogP contribution in [0.5, 0.6) is 0 Å². The first-order chi connectivity index (χ1) is 10.2. The van der Waals surface area contributed by atoms with Gasteiger partial charge in [-0.05, 0) is 18.1 Å². The van der Waals surface area contributed by atoms with Crippen molar-refractivity contribution in [3.8, 4) is 0 Å². The maximum absolute atomic E-state index is 11.6. The molecule has 0 radical (unpaired) electrons. The van der Waals surface area contributed by atoms with Crippen LogP contribution in [-0.2, 0) is 25.8 Å². The zero-order valence-electron chi connectivity index (χ0n) is 12.0. The van der Waals surface area contributed by atoms with Crippen LogP contribution in [0, 0.1) is 0 Å². The molecule has 5 nitrogen and oxygen atoms in total. The van der Waals surface area contributed by atoms with Crippen LogP contribution in [-0.4, -0.2) is 23.1 Å². The number of ether oxygens (including phenoxy) is 2. The molecular weight excluding hydrogens is 272 g/mol. The summed E-state index contributed by atoms with van der Waals surface area (Å²) >= 11 is 0. The molecule has 1 fully saturated rings. The van der Waals surface area contributed by atoms with Gasteiger partial charge in [0.05, 0.1) is 6.10 Å². The molecule has 1 saturated heterocycles. The summed E-state index contributed by atoms with van der Waals surface area (Å²) in [6.45, 7) is 2.12. The van der Waals surface area contributed by atoms with E-state index in [1.54, 1.807) is 6.08 Å². The lowest BCUT2D eigenvalue weighted by Gasteiger charge is -2.23. The van der Waals surface area contributed by atoms with Crippen LogP contribution in [0.25, 0.3) is 0 Å². The fraction of sp³-hybridized carbons (Fsp3) is 0.438. The summed E-state index contributed by atoms with van der Waals surface area (Å²) in [4.78, 5) is 16.0. The Hall–Kier alpha value is -1.69. The number of rotatable bonds is 6. The van der Waals surface area contributed by atoms with Gasteiger partial charge in [-0.3, -0.25) is 0 Å². The van der Waals surface area contributed by atoms with Crippen molar-refractivity contribution in [2.75, 3.05) is 0 Å². The molecule has 114 valence electrons. The first-order valence-corrected chi connectivity index (χ1v) is 7.07. The van der Waals surface area contributed by atoms with E-state index >= 15 is 0 Å². The van der Waals surface area contributed by atoms with Crippen LogP contribution in [0.15, 0.2) is 42.5 Å². The highest BCUT2D eigenvalue weighted by Crippen LogP contribution is 2.34. The van der Waals surface area contributed by atoms with Crippen molar-refractivity contribution < 1.29 is 24.4 Å². The Bertz CT molecular complexity index is 479. The summed E-state index contributed by atoms with van der Waals surface area (Å²) in [6.07, 6.45) is 4.58. The van der Waals surface area contributed by atoms with Crippen molar-refractivity contribution in [2.45, 2.75) is 44.7 Å². The van der Waals surface area contributed by atoms with Crippen LogP contribution < -0.4 is 0 Å². The number of esters is 1. The minimum atomic E-state index is -0.942. The van der Waals surface area contributed by atoms with Crippen molar-refractivity contribution in [1.29, 1.82) is 0 Å². The first kappa shape index (κ1) is 15.7. The predicted octanol–water partition coefficient (Wildman–Crippen LogP) is 3.06. The van der Waals surface area contributed by atoms with E-state index in [1.807, 2.05) is 37.3 Å². The molecular formula is C16H20O5. The van der Waals surface area contributed by atoms with Crippen LogP contribution >= 0.6 is 0 Å². The Balaban J connectivity index is 1.78. The molecule has 1 aliphatic heterocycles. The molecule has 0 amide bonds. The van der Waals surface area contributed by atoms with E-state index in [1.165, 1.54) is 6.08 Å². The average Bonchev–Trinajstić information content (AvgIpc) is 2.96. The van der Waals surface area contributed by atoms with Crippen molar-refractivity contribution in [3.63, 3.8) is 0 Å². The van der Waals surface area contributed by atoms with E-state index in [2.05, 4.69) is 4.89 Å². The molecule has 0 bridgehead atoms. The second kappa shape index (κ2) is 7.36. The summed E-state index contributed by atoms with van der Waals surface area (Å²) < 4.78 is 10.7. The number of hydrogen-bond donors (Lipinski definition) is 1. The van der Waals surface area contributed by atoms with Gasteiger partial charge in [-0.25, -0.2) is 14.9 Å². The van der Waals surface area contributed by atoms with Gasteiger partial charge < -0.3 is 9.47 Å². The molecule has 2 rings (SSSR count). The summed E-state index contributed by atoms with van der Waals surface area (Å²) in [7, 11) is 0. The second-order valence-electron chi connectivity index (χ2n) is 5.00. The molecule has 1 N–H and O–H groups in total. The maximum atomic E-state index is 11.6. The van der Waals surface area contributed by atoms with Gasteiger partial charge in [0.2, 0.25) is 5.79 Å². The predicted molar refractivity (Wildman–Crippen MR) is 76.2 cm³/mol. The normalized spacial score (nSPS) is 25.3. The zero-order valence-corrected chi connectivity index (χ0v) is 12.0. The molecule has 0 aromatic heterocycles. The van der Waals surface area contributed by atoms with Crippen molar-refractivity contribution >= 4 is 5.97 Å². The quantitative estimate of drug-likeness (QED) is 0.378. The number of carbonyl (C=O) groups excluding carboxylic acids is 1. The van der Waals surface area contributed by atoms with Crippen LogP contribution in [0.1, 0.15) is 31.7 Å². The van der Waals surface area contributed by atoms with Crippen molar-refractivity contribution in [3.05, 3.63) is 48.0 Å². The van der Waals surface area contributed by atoms with Crippen molar-refractivity contribution in [2.24, 2.45) is 0 Å². The molecule has 2 atom stereocenters. The number of hydrogen-bond acceptors (Lipinski definition) is 5. The highest BCUT2D eigenvalue weighted by Gasteiger charge is 2.39. The molecule has 0 saturated carbocycles. The first-order valence-electron chi connectivity index (χ1n) is 7.07. The lowest BCUT2D eigenvalue weighted by molar-refractivity contribution is -0.396. The van der Waals surface area contributed by atoms with E-state index in [0.717, 1.165) is 5.56 Å². The zero-order chi connectivity index (χ0) is 15.1. The lowest BCUT2D eigenvalue weighted by atomic mass is 10.1. The van der Waals surface area contributed by atoms with Crippen molar-refractivity contribution in [1.82, 2.24) is 0 Å². The second-order valence-corrected chi connectivity index (χ2v) is 5.00. The smallest absolute Gasteiger partial charge is 0.330 e. The largest absolute Gasteiger partial charge is 0.458 e. The van der Waals surface area contributed by atoms with E-state index in [-0.39, 0.29) is 12.7 Å². The number of benzene rings is 1. The molecule has 0 aliphatic carbocycles. The summed E-state index contributed by atoms with van der Waals surface area (Å²) in [6, 6.07) is 9.48. The average molecular weight is 292 g/mol. The number of carbonyl (C=O) groups is 1. The summed E-state index contributed by atoms with van der Waals surface area (Å²) in [5.74, 6) is -1.36. The Morgan fingerprint density at radius 2 is 2.24 bits per heavy atom. The Morgan fingerprint density at radius 1 is 1.48 bits per heavy atom. The van der Waals surface area contributed by atoms with E-state index in [9.17, 15) is 4.79 Å². The minimum absolute atomic E-state index is 0.244.